The molecule has 1 aliphatic heterocycles. The lowest BCUT2D eigenvalue weighted by molar-refractivity contribution is 0.198. The number of aryl methyl sites for hydroxylation is 1. The Morgan fingerprint density at radius 2 is 2.07 bits per heavy atom. The summed E-state index contributed by atoms with van der Waals surface area (Å²) in [6.07, 6.45) is 3.90. The third-order valence-corrected chi connectivity index (χ3v) is 3.02. The number of nitrogens with zero attached hydrogens (tertiary/aromatic N) is 2. The molecular weight excluding hydrogens is 188 g/mol. The van der Waals surface area contributed by atoms with E-state index in [1.54, 1.807) is 13.1 Å². The van der Waals surface area contributed by atoms with E-state index < -0.39 is 6.10 Å². The lowest BCUT2D eigenvalue weighted by Crippen LogP contribution is -2.19. The highest BCUT2D eigenvalue weighted by Gasteiger charge is 2.15. The minimum atomic E-state index is -0.426. The number of hydrogen-bond donors (Lipinski definition) is 1. The van der Waals surface area contributed by atoms with Crippen LogP contribution < -0.4 is 4.90 Å². The smallest absolute Gasteiger partial charge is 0.128 e. The summed E-state index contributed by atoms with van der Waals surface area (Å²) in [5.74, 6) is 1.05. The maximum absolute atomic E-state index is 9.51. The van der Waals surface area contributed by atoms with Crippen LogP contribution in [0.5, 0.6) is 0 Å². The molecule has 1 atom stereocenters. The highest BCUT2D eigenvalue weighted by molar-refractivity contribution is 5.44. The quantitative estimate of drug-likeness (QED) is 0.804. The normalized spacial score (nSPS) is 18.2. The van der Waals surface area contributed by atoms with Crippen molar-refractivity contribution in [2.45, 2.75) is 32.8 Å². The monoisotopic (exact) mass is 206 g/mol. The van der Waals surface area contributed by atoms with Gasteiger partial charge in [-0.1, -0.05) is 0 Å². The van der Waals surface area contributed by atoms with E-state index in [0.29, 0.717) is 0 Å². The zero-order valence-electron chi connectivity index (χ0n) is 9.40. The van der Waals surface area contributed by atoms with Gasteiger partial charge in [-0.3, -0.25) is 0 Å². The molecule has 1 fully saturated rings. The van der Waals surface area contributed by atoms with Crippen LogP contribution in [0.1, 0.15) is 37.0 Å². The number of pyridine rings is 1. The van der Waals surface area contributed by atoms with E-state index in [4.69, 9.17) is 0 Å². The summed E-state index contributed by atoms with van der Waals surface area (Å²) in [5, 5.41) is 9.51. The van der Waals surface area contributed by atoms with Gasteiger partial charge in [0.05, 0.1) is 6.10 Å². The van der Waals surface area contributed by atoms with Gasteiger partial charge in [0.2, 0.25) is 0 Å². The molecule has 15 heavy (non-hydrogen) atoms. The predicted molar refractivity (Wildman–Crippen MR) is 61.1 cm³/mol. The molecule has 3 heteroatoms. The molecule has 0 unspecified atom stereocenters. The first-order valence-electron chi connectivity index (χ1n) is 5.58. The molecule has 0 saturated carbocycles. The minimum absolute atomic E-state index is 0.426. The van der Waals surface area contributed by atoms with Gasteiger partial charge in [-0.05, 0) is 38.3 Å². The highest BCUT2D eigenvalue weighted by atomic mass is 16.3. The van der Waals surface area contributed by atoms with Crippen LogP contribution in [0.25, 0.3) is 0 Å². The first-order chi connectivity index (χ1) is 7.18. The van der Waals surface area contributed by atoms with Crippen LogP contribution in [0.4, 0.5) is 5.82 Å². The molecule has 0 bridgehead atoms. The molecule has 3 nitrogen and oxygen atoms in total. The Labute approximate surface area is 90.8 Å². The van der Waals surface area contributed by atoms with Gasteiger partial charge in [0.25, 0.3) is 0 Å². The summed E-state index contributed by atoms with van der Waals surface area (Å²) < 4.78 is 0. The van der Waals surface area contributed by atoms with Gasteiger partial charge in [-0.2, -0.15) is 0 Å². The Morgan fingerprint density at radius 1 is 1.40 bits per heavy atom. The molecule has 0 aromatic carbocycles. The van der Waals surface area contributed by atoms with Crippen molar-refractivity contribution in [3.63, 3.8) is 0 Å². The van der Waals surface area contributed by atoms with Crippen molar-refractivity contribution in [3.05, 3.63) is 23.4 Å². The van der Waals surface area contributed by atoms with Crippen molar-refractivity contribution < 1.29 is 5.11 Å². The topological polar surface area (TPSA) is 36.4 Å². The first-order valence-corrected chi connectivity index (χ1v) is 5.58. The molecule has 1 aliphatic rings. The molecule has 1 N–H and O–H groups in total. The Kier molecular flexibility index (Phi) is 2.91. The van der Waals surface area contributed by atoms with Gasteiger partial charge < -0.3 is 10.0 Å². The molecule has 0 amide bonds. The SMILES string of the molecule is Cc1cc(N2CCCC2)ncc1[C@H](C)O. The summed E-state index contributed by atoms with van der Waals surface area (Å²) in [6, 6.07) is 2.08. The fourth-order valence-electron chi connectivity index (χ4n) is 2.11. The molecule has 1 saturated heterocycles. The standard InChI is InChI=1S/C12H18N2O/c1-9-7-12(14-5-3-4-6-14)13-8-11(9)10(2)15/h7-8,10,15H,3-6H2,1-2H3/t10-/m0/s1. The summed E-state index contributed by atoms with van der Waals surface area (Å²) in [6.45, 7) is 6.03. The van der Waals surface area contributed by atoms with Gasteiger partial charge in [-0.15, -0.1) is 0 Å². The molecule has 0 radical (unpaired) electrons. The maximum atomic E-state index is 9.51. The van der Waals surface area contributed by atoms with Gasteiger partial charge >= 0.3 is 0 Å². The minimum Gasteiger partial charge on any atom is -0.389 e. The number of rotatable bonds is 2. The van der Waals surface area contributed by atoms with Crippen molar-refractivity contribution in [2.24, 2.45) is 0 Å². The van der Waals surface area contributed by atoms with Crippen LogP contribution in [0.3, 0.4) is 0 Å². The average Bonchev–Trinajstić information content (AvgIpc) is 2.69. The van der Waals surface area contributed by atoms with Crippen LogP contribution in [0, 0.1) is 6.92 Å². The van der Waals surface area contributed by atoms with Crippen molar-refractivity contribution in [1.29, 1.82) is 0 Å². The number of aliphatic hydroxyl groups is 1. The van der Waals surface area contributed by atoms with E-state index in [2.05, 4.69) is 16.0 Å². The fraction of sp³-hybridized carbons (Fsp3) is 0.583. The summed E-state index contributed by atoms with van der Waals surface area (Å²) in [4.78, 5) is 6.71. The predicted octanol–water partition coefficient (Wildman–Crippen LogP) is 2.04. The van der Waals surface area contributed by atoms with Crippen LogP contribution in [-0.2, 0) is 0 Å². The Bertz CT molecular complexity index is 343. The zero-order valence-corrected chi connectivity index (χ0v) is 9.40. The number of aromatic nitrogens is 1. The largest absolute Gasteiger partial charge is 0.389 e. The fourth-order valence-corrected chi connectivity index (χ4v) is 2.11. The van der Waals surface area contributed by atoms with Gasteiger partial charge in [0.1, 0.15) is 5.82 Å². The second kappa shape index (κ2) is 4.19. The van der Waals surface area contributed by atoms with Crippen molar-refractivity contribution in [2.75, 3.05) is 18.0 Å². The number of aliphatic hydroxyl groups excluding tert-OH is 1. The molecule has 82 valence electrons. The molecule has 2 rings (SSSR count). The van der Waals surface area contributed by atoms with Crippen molar-refractivity contribution in [3.8, 4) is 0 Å². The molecule has 2 heterocycles. The maximum Gasteiger partial charge on any atom is 0.128 e. The van der Waals surface area contributed by atoms with Crippen molar-refractivity contribution >= 4 is 5.82 Å². The molecule has 0 aliphatic carbocycles. The van der Waals surface area contributed by atoms with Crippen LogP contribution in [0.2, 0.25) is 0 Å². The van der Waals surface area contributed by atoms with Gasteiger partial charge in [0, 0.05) is 24.8 Å². The van der Waals surface area contributed by atoms with E-state index in [1.165, 1.54) is 12.8 Å². The molecule has 0 spiro atoms. The molecule has 1 aromatic rings. The second-order valence-corrected chi connectivity index (χ2v) is 4.27. The van der Waals surface area contributed by atoms with E-state index in [-0.39, 0.29) is 0 Å². The lowest BCUT2D eigenvalue weighted by atomic mass is 10.1. The van der Waals surface area contributed by atoms with Crippen molar-refractivity contribution in [1.82, 2.24) is 4.98 Å². The van der Waals surface area contributed by atoms with Crippen LogP contribution >= 0.6 is 0 Å². The Hall–Kier alpha value is -1.09. The molecule has 1 aromatic heterocycles. The lowest BCUT2D eigenvalue weighted by Gasteiger charge is -2.18. The van der Waals surface area contributed by atoms with Crippen LogP contribution in [0.15, 0.2) is 12.3 Å². The van der Waals surface area contributed by atoms with Gasteiger partial charge in [0.15, 0.2) is 0 Å². The first kappa shape index (κ1) is 10.4. The summed E-state index contributed by atoms with van der Waals surface area (Å²) >= 11 is 0. The Balaban J connectivity index is 2.24. The van der Waals surface area contributed by atoms with E-state index in [0.717, 1.165) is 30.0 Å². The Morgan fingerprint density at radius 3 is 2.60 bits per heavy atom. The third-order valence-electron chi connectivity index (χ3n) is 3.02. The van der Waals surface area contributed by atoms with E-state index >= 15 is 0 Å². The number of hydrogen-bond acceptors (Lipinski definition) is 3. The van der Waals surface area contributed by atoms with Gasteiger partial charge in [-0.25, -0.2) is 4.98 Å². The summed E-state index contributed by atoms with van der Waals surface area (Å²) in [7, 11) is 0. The highest BCUT2D eigenvalue weighted by Crippen LogP contribution is 2.23. The second-order valence-electron chi connectivity index (χ2n) is 4.27. The van der Waals surface area contributed by atoms with Crippen LogP contribution in [-0.4, -0.2) is 23.2 Å². The molecular formula is C12H18N2O. The third kappa shape index (κ3) is 2.12. The zero-order chi connectivity index (χ0) is 10.8. The number of anilines is 1. The summed E-state index contributed by atoms with van der Waals surface area (Å²) in [5.41, 5.74) is 2.06. The van der Waals surface area contributed by atoms with E-state index in [1.807, 2.05) is 6.92 Å². The average molecular weight is 206 g/mol. The van der Waals surface area contributed by atoms with E-state index in [9.17, 15) is 5.11 Å².